The SMILES string of the molecule is CC.CC.CCCOc1ncc(C)cc1C(C)C.Cc1cccc2cc(C(C)C)cnc12. The van der Waals surface area contributed by atoms with Gasteiger partial charge < -0.3 is 4.74 Å². The summed E-state index contributed by atoms with van der Waals surface area (Å²) in [6.07, 6.45) is 4.87. The van der Waals surface area contributed by atoms with E-state index in [2.05, 4.69) is 88.8 Å². The average Bonchev–Trinajstić information content (AvgIpc) is 2.81. The molecule has 0 unspecified atom stereocenters. The third-order valence-corrected chi connectivity index (χ3v) is 4.68. The van der Waals surface area contributed by atoms with Gasteiger partial charge in [-0.15, -0.1) is 0 Å². The molecule has 0 aliphatic rings. The Balaban J connectivity index is 0.000000520. The van der Waals surface area contributed by atoms with Crippen molar-refractivity contribution in [3.63, 3.8) is 0 Å². The van der Waals surface area contributed by atoms with Crippen LogP contribution in [0.2, 0.25) is 0 Å². The van der Waals surface area contributed by atoms with Gasteiger partial charge in [-0.3, -0.25) is 4.98 Å². The predicted octanol–water partition coefficient (Wildman–Crippen LogP) is 9.02. The zero-order chi connectivity index (χ0) is 24.7. The summed E-state index contributed by atoms with van der Waals surface area (Å²) in [4.78, 5) is 8.82. The Morgan fingerprint density at radius 2 is 1.50 bits per heavy atom. The molecule has 3 aromatic rings. The maximum Gasteiger partial charge on any atom is 0.216 e. The van der Waals surface area contributed by atoms with Crippen molar-refractivity contribution in [2.45, 2.75) is 94.4 Å². The van der Waals surface area contributed by atoms with E-state index < -0.39 is 0 Å². The van der Waals surface area contributed by atoms with Gasteiger partial charge in [-0.2, -0.15) is 0 Å². The second-order valence-corrected chi connectivity index (χ2v) is 7.98. The first kappa shape index (κ1) is 29.6. The number of ether oxygens (including phenoxy) is 1. The normalized spacial score (nSPS) is 9.91. The Bertz CT molecular complexity index is 901. The first-order chi connectivity index (χ1) is 15.3. The highest BCUT2D eigenvalue weighted by Gasteiger charge is 2.09. The van der Waals surface area contributed by atoms with Crippen molar-refractivity contribution in [1.82, 2.24) is 9.97 Å². The molecule has 0 radical (unpaired) electrons. The molecule has 2 heterocycles. The summed E-state index contributed by atoms with van der Waals surface area (Å²) in [7, 11) is 0. The minimum atomic E-state index is 0.467. The van der Waals surface area contributed by atoms with Crippen molar-refractivity contribution in [2.75, 3.05) is 6.61 Å². The maximum atomic E-state index is 5.59. The molecule has 178 valence electrons. The summed E-state index contributed by atoms with van der Waals surface area (Å²) < 4.78 is 5.59. The molecule has 0 saturated carbocycles. The van der Waals surface area contributed by atoms with Gasteiger partial charge in [0.15, 0.2) is 0 Å². The molecule has 0 saturated heterocycles. The molecule has 3 rings (SSSR count). The summed E-state index contributed by atoms with van der Waals surface area (Å²) in [5.74, 6) is 1.81. The number of fused-ring (bicyclic) bond motifs is 1. The van der Waals surface area contributed by atoms with Crippen LogP contribution >= 0.6 is 0 Å². The molecule has 0 aliphatic heterocycles. The largest absolute Gasteiger partial charge is 0.477 e. The van der Waals surface area contributed by atoms with E-state index in [1.165, 1.54) is 27.6 Å². The lowest BCUT2D eigenvalue weighted by Crippen LogP contribution is -2.02. The molecule has 32 heavy (non-hydrogen) atoms. The van der Waals surface area contributed by atoms with E-state index in [4.69, 9.17) is 4.74 Å². The van der Waals surface area contributed by atoms with E-state index >= 15 is 0 Å². The Morgan fingerprint density at radius 1 is 0.844 bits per heavy atom. The Hall–Kier alpha value is -2.42. The molecule has 0 N–H and O–H groups in total. The molecular weight excluding hydrogens is 392 g/mol. The van der Waals surface area contributed by atoms with Crippen LogP contribution in [0.1, 0.15) is 103 Å². The zero-order valence-electron chi connectivity index (χ0n) is 22.4. The number of aromatic nitrogens is 2. The first-order valence-electron chi connectivity index (χ1n) is 12.3. The van der Waals surface area contributed by atoms with Crippen LogP contribution in [0.4, 0.5) is 0 Å². The lowest BCUT2D eigenvalue weighted by molar-refractivity contribution is 0.300. The van der Waals surface area contributed by atoms with Crippen LogP contribution in [0, 0.1) is 13.8 Å². The number of aryl methyl sites for hydroxylation is 2. The van der Waals surface area contributed by atoms with Gasteiger partial charge in [-0.05, 0) is 60.9 Å². The smallest absolute Gasteiger partial charge is 0.216 e. The fraction of sp³-hybridized carbons (Fsp3) is 0.517. The van der Waals surface area contributed by atoms with Crippen LogP contribution in [0.5, 0.6) is 5.88 Å². The number of nitrogens with zero attached hydrogens (tertiary/aromatic N) is 2. The van der Waals surface area contributed by atoms with E-state index in [9.17, 15) is 0 Å². The van der Waals surface area contributed by atoms with Crippen molar-refractivity contribution in [1.29, 1.82) is 0 Å². The van der Waals surface area contributed by atoms with Crippen LogP contribution < -0.4 is 4.74 Å². The zero-order valence-corrected chi connectivity index (χ0v) is 22.4. The standard InChI is InChI=1S/C13H15N.C12H19NO.2C2H6/c1-9(2)12-7-11-6-4-5-10(3)13(11)14-8-12;1-5-6-14-12-11(9(2)3)7-10(4)8-13-12;2*1-2/h4-9H,1-3H3;7-9H,5-6H2,1-4H3;2*1-2H3. The molecule has 0 amide bonds. The summed E-state index contributed by atoms with van der Waals surface area (Å²) in [5, 5.41) is 1.25. The van der Waals surface area contributed by atoms with Gasteiger partial charge in [0.05, 0.1) is 12.1 Å². The number of hydrogen-bond donors (Lipinski definition) is 0. The number of rotatable bonds is 5. The second kappa shape index (κ2) is 16.2. The third-order valence-electron chi connectivity index (χ3n) is 4.68. The predicted molar refractivity (Wildman–Crippen MR) is 142 cm³/mol. The lowest BCUT2D eigenvalue weighted by atomic mass is 10.0. The Kier molecular flexibility index (Phi) is 15.0. The van der Waals surface area contributed by atoms with Crippen molar-refractivity contribution in [3.8, 4) is 5.88 Å². The highest BCUT2D eigenvalue weighted by molar-refractivity contribution is 5.82. The molecule has 1 aromatic carbocycles. The summed E-state index contributed by atoms with van der Waals surface area (Å²) in [5.41, 5.74) is 6.08. The van der Waals surface area contributed by atoms with Gasteiger partial charge in [-0.1, -0.05) is 80.5 Å². The topological polar surface area (TPSA) is 35.0 Å². The van der Waals surface area contributed by atoms with Gasteiger partial charge in [0, 0.05) is 23.3 Å². The molecular formula is C29H46N2O. The van der Waals surface area contributed by atoms with E-state index in [-0.39, 0.29) is 0 Å². The van der Waals surface area contributed by atoms with E-state index in [1.807, 2.05) is 40.1 Å². The number of pyridine rings is 2. The van der Waals surface area contributed by atoms with Crippen molar-refractivity contribution < 1.29 is 4.74 Å². The highest BCUT2D eigenvalue weighted by Crippen LogP contribution is 2.25. The Morgan fingerprint density at radius 3 is 2.06 bits per heavy atom. The van der Waals surface area contributed by atoms with Crippen molar-refractivity contribution in [2.24, 2.45) is 0 Å². The number of benzene rings is 1. The molecule has 0 fully saturated rings. The van der Waals surface area contributed by atoms with Crippen molar-refractivity contribution >= 4 is 10.9 Å². The van der Waals surface area contributed by atoms with Crippen LogP contribution in [0.3, 0.4) is 0 Å². The lowest BCUT2D eigenvalue weighted by Gasteiger charge is -2.12. The molecule has 0 atom stereocenters. The van der Waals surface area contributed by atoms with Crippen LogP contribution in [-0.4, -0.2) is 16.6 Å². The summed E-state index contributed by atoms with van der Waals surface area (Å²) in [6, 6.07) is 10.7. The molecule has 3 nitrogen and oxygen atoms in total. The van der Waals surface area contributed by atoms with Crippen LogP contribution in [0.15, 0.2) is 42.7 Å². The van der Waals surface area contributed by atoms with E-state index in [0.717, 1.165) is 24.4 Å². The number of hydrogen-bond acceptors (Lipinski definition) is 3. The molecule has 2 aromatic heterocycles. The van der Waals surface area contributed by atoms with Gasteiger partial charge >= 0.3 is 0 Å². The fourth-order valence-electron chi connectivity index (χ4n) is 2.96. The summed E-state index contributed by atoms with van der Waals surface area (Å²) >= 11 is 0. The van der Waals surface area contributed by atoms with Gasteiger partial charge in [0.25, 0.3) is 0 Å². The van der Waals surface area contributed by atoms with Gasteiger partial charge in [0.2, 0.25) is 5.88 Å². The summed E-state index contributed by atoms with van der Waals surface area (Å²) in [6.45, 7) is 23.7. The second-order valence-electron chi connectivity index (χ2n) is 7.98. The highest BCUT2D eigenvalue weighted by atomic mass is 16.5. The molecule has 0 bridgehead atoms. The van der Waals surface area contributed by atoms with Crippen LogP contribution in [0.25, 0.3) is 10.9 Å². The molecule has 0 aliphatic carbocycles. The van der Waals surface area contributed by atoms with Crippen molar-refractivity contribution in [3.05, 3.63) is 65.0 Å². The van der Waals surface area contributed by atoms with E-state index in [0.29, 0.717) is 11.8 Å². The monoisotopic (exact) mass is 438 g/mol. The molecule has 3 heteroatoms. The van der Waals surface area contributed by atoms with Gasteiger partial charge in [0.1, 0.15) is 0 Å². The third kappa shape index (κ3) is 9.38. The quantitative estimate of drug-likeness (QED) is 0.398. The van der Waals surface area contributed by atoms with Crippen LogP contribution in [-0.2, 0) is 0 Å². The number of para-hydroxylation sites is 1. The first-order valence-corrected chi connectivity index (χ1v) is 12.3. The van der Waals surface area contributed by atoms with E-state index in [1.54, 1.807) is 0 Å². The minimum absolute atomic E-state index is 0.467. The maximum absolute atomic E-state index is 5.59. The van der Waals surface area contributed by atoms with Gasteiger partial charge in [-0.25, -0.2) is 4.98 Å². The molecule has 0 spiro atoms. The Labute approximate surface area is 197 Å². The average molecular weight is 439 g/mol. The minimum Gasteiger partial charge on any atom is -0.477 e. The fourth-order valence-corrected chi connectivity index (χ4v) is 2.96.